The second-order valence-corrected chi connectivity index (χ2v) is 6.40. The predicted octanol–water partition coefficient (Wildman–Crippen LogP) is 3.10. The van der Waals surface area contributed by atoms with Crippen LogP contribution < -0.4 is 5.73 Å². The minimum atomic E-state index is -0.103. The van der Waals surface area contributed by atoms with E-state index in [2.05, 4.69) is 30.1 Å². The molecule has 2 aliphatic rings. The van der Waals surface area contributed by atoms with Crippen molar-refractivity contribution in [2.24, 2.45) is 5.73 Å². The summed E-state index contributed by atoms with van der Waals surface area (Å²) in [5.41, 5.74) is 8.76. The van der Waals surface area contributed by atoms with Crippen molar-refractivity contribution in [2.45, 2.75) is 37.1 Å². The van der Waals surface area contributed by atoms with Crippen LogP contribution in [0.1, 0.15) is 42.7 Å². The maximum absolute atomic E-state index is 6.47. The summed E-state index contributed by atoms with van der Waals surface area (Å²) in [5, 5.41) is 0.907. The lowest BCUT2D eigenvalue weighted by molar-refractivity contribution is 0.253. The molecule has 1 heterocycles. The number of benzene rings is 1. The average molecular weight is 265 g/mol. The maximum Gasteiger partial charge on any atom is 0.0444 e. The Balaban J connectivity index is 1.85. The van der Waals surface area contributed by atoms with Gasteiger partial charge in [-0.3, -0.25) is 0 Å². The van der Waals surface area contributed by atoms with Gasteiger partial charge in [-0.15, -0.1) is 0 Å². The summed E-state index contributed by atoms with van der Waals surface area (Å²) in [4.78, 5) is 2.37. The summed E-state index contributed by atoms with van der Waals surface area (Å²) < 4.78 is 0. The number of hydrogen-bond donors (Lipinski definition) is 1. The van der Waals surface area contributed by atoms with Crippen molar-refractivity contribution in [3.63, 3.8) is 0 Å². The Bertz CT molecular complexity index is 454. The van der Waals surface area contributed by atoms with Crippen LogP contribution in [0.25, 0.3) is 0 Å². The van der Waals surface area contributed by atoms with E-state index >= 15 is 0 Å². The van der Waals surface area contributed by atoms with Gasteiger partial charge < -0.3 is 10.6 Å². The number of likely N-dealkylation sites (tertiary alicyclic amines) is 1. The molecule has 3 heteroatoms. The van der Waals surface area contributed by atoms with Gasteiger partial charge >= 0.3 is 0 Å². The highest BCUT2D eigenvalue weighted by molar-refractivity contribution is 6.31. The molecule has 0 amide bonds. The van der Waals surface area contributed by atoms with Crippen molar-refractivity contribution in [3.8, 4) is 0 Å². The van der Waals surface area contributed by atoms with E-state index in [4.69, 9.17) is 17.3 Å². The number of likely N-dealkylation sites (N-methyl/N-ethyl adjacent to an activating group) is 1. The fraction of sp³-hybridized carbons (Fsp3) is 0.600. The molecule has 2 nitrogen and oxygen atoms in total. The van der Waals surface area contributed by atoms with Crippen molar-refractivity contribution in [1.29, 1.82) is 0 Å². The van der Waals surface area contributed by atoms with Crippen LogP contribution in [-0.2, 0) is 5.54 Å². The highest BCUT2D eigenvalue weighted by Gasteiger charge is 2.35. The molecular weight excluding hydrogens is 244 g/mol. The van der Waals surface area contributed by atoms with Gasteiger partial charge in [0.25, 0.3) is 0 Å². The molecule has 1 saturated heterocycles. The van der Waals surface area contributed by atoms with E-state index in [-0.39, 0.29) is 5.54 Å². The van der Waals surface area contributed by atoms with E-state index in [1.807, 2.05) is 0 Å². The smallest absolute Gasteiger partial charge is 0.0444 e. The molecule has 0 spiro atoms. The van der Waals surface area contributed by atoms with Crippen LogP contribution in [0.5, 0.6) is 0 Å². The van der Waals surface area contributed by atoms with Crippen LogP contribution in [0.15, 0.2) is 18.2 Å². The van der Waals surface area contributed by atoms with Gasteiger partial charge in [0.15, 0.2) is 0 Å². The zero-order chi connectivity index (χ0) is 12.8. The van der Waals surface area contributed by atoms with E-state index in [1.54, 1.807) is 0 Å². The third-order valence-electron chi connectivity index (χ3n) is 4.65. The van der Waals surface area contributed by atoms with E-state index in [1.165, 1.54) is 30.5 Å². The lowest BCUT2D eigenvalue weighted by atomic mass is 9.72. The first-order valence-corrected chi connectivity index (χ1v) is 7.24. The quantitative estimate of drug-likeness (QED) is 0.889. The number of hydrogen-bond acceptors (Lipinski definition) is 2. The number of halogens is 1. The van der Waals surface area contributed by atoms with Gasteiger partial charge in [0.05, 0.1) is 0 Å². The molecule has 0 bridgehead atoms. The Morgan fingerprint density at radius 3 is 2.67 bits per heavy atom. The molecule has 98 valence electrons. The Morgan fingerprint density at radius 2 is 2.17 bits per heavy atom. The summed E-state index contributed by atoms with van der Waals surface area (Å²) in [7, 11) is 2.17. The average Bonchev–Trinajstić information content (AvgIpc) is 2.72. The molecular formula is C15H21ClN2. The SMILES string of the molecule is CN1CCC(c2ccc(C3(N)CCC3)cc2Cl)C1. The lowest BCUT2D eigenvalue weighted by Gasteiger charge is -2.39. The molecule has 0 radical (unpaired) electrons. The van der Waals surface area contributed by atoms with Crippen LogP contribution in [0, 0.1) is 0 Å². The van der Waals surface area contributed by atoms with Crippen molar-refractivity contribution in [3.05, 3.63) is 34.3 Å². The van der Waals surface area contributed by atoms with Crippen molar-refractivity contribution < 1.29 is 0 Å². The third-order valence-corrected chi connectivity index (χ3v) is 4.98. The molecule has 1 aliphatic carbocycles. The fourth-order valence-corrected chi connectivity index (χ4v) is 3.54. The zero-order valence-corrected chi connectivity index (χ0v) is 11.7. The van der Waals surface area contributed by atoms with E-state index < -0.39 is 0 Å². The number of rotatable bonds is 2. The summed E-state index contributed by atoms with van der Waals surface area (Å²) in [6.45, 7) is 2.29. The molecule has 1 aromatic rings. The molecule has 1 aromatic carbocycles. The monoisotopic (exact) mass is 264 g/mol. The van der Waals surface area contributed by atoms with Gasteiger partial charge in [0.2, 0.25) is 0 Å². The van der Waals surface area contributed by atoms with Crippen molar-refractivity contribution in [1.82, 2.24) is 4.90 Å². The van der Waals surface area contributed by atoms with Crippen molar-refractivity contribution in [2.75, 3.05) is 20.1 Å². The first-order valence-electron chi connectivity index (χ1n) is 6.86. The molecule has 1 atom stereocenters. The Labute approximate surface area is 114 Å². The van der Waals surface area contributed by atoms with Gasteiger partial charge in [-0.25, -0.2) is 0 Å². The number of nitrogens with zero attached hydrogens (tertiary/aromatic N) is 1. The molecule has 3 rings (SSSR count). The molecule has 0 aromatic heterocycles. The van der Waals surface area contributed by atoms with Crippen molar-refractivity contribution >= 4 is 11.6 Å². The summed E-state index contributed by atoms with van der Waals surface area (Å²) in [6, 6.07) is 6.50. The fourth-order valence-electron chi connectivity index (χ4n) is 3.20. The second kappa shape index (κ2) is 4.52. The predicted molar refractivity (Wildman–Crippen MR) is 76.0 cm³/mol. The third kappa shape index (κ3) is 2.07. The normalized spacial score (nSPS) is 27.2. The van der Waals surface area contributed by atoms with Gasteiger partial charge in [0.1, 0.15) is 0 Å². The minimum absolute atomic E-state index is 0.103. The largest absolute Gasteiger partial charge is 0.321 e. The lowest BCUT2D eigenvalue weighted by Crippen LogP contribution is -2.43. The van der Waals surface area contributed by atoms with E-state index in [0.29, 0.717) is 5.92 Å². The molecule has 1 aliphatic heterocycles. The standard InChI is InChI=1S/C15H21ClN2/c1-18-8-5-11(10-18)13-4-3-12(9-14(13)16)15(17)6-2-7-15/h3-4,9,11H,2,5-8,10,17H2,1H3. The van der Waals surface area contributed by atoms with Gasteiger partial charge in [-0.2, -0.15) is 0 Å². The Kier molecular flexibility index (Phi) is 3.13. The molecule has 2 N–H and O–H groups in total. The first kappa shape index (κ1) is 12.5. The summed E-state index contributed by atoms with van der Waals surface area (Å²) in [5.74, 6) is 0.590. The van der Waals surface area contributed by atoms with E-state index in [9.17, 15) is 0 Å². The highest BCUT2D eigenvalue weighted by Crippen LogP contribution is 2.41. The highest BCUT2D eigenvalue weighted by atomic mass is 35.5. The summed E-state index contributed by atoms with van der Waals surface area (Å²) in [6.07, 6.45) is 4.64. The topological polar surface area (TPSA) is 29.3 Å². The van der Waals surface area contributed by atoms with Gasteiger partial charge in [-0.05, 0) is 62.4 Å². The first-order chi connectivity index (χ1) is 8.58. The Morgan fingerprint density at radius 1 is 1.39 bits per heavy atom. The summed E-state index contributed by atoms with van der Waals surface area (Å²) >= 11 is 6.47. The van der Waals surface area contributed by atoms with Crippen LogP contribution in [0.3, 0.4) is 0 Å². The zero-order valence-electron chi connectivity index (χ0n) is 11.0. The molecule has 1 unspecified atom stereocenters. The van der Waals surface area contributed by atoms with Gasteiger partial charge in [-0.1, -0.05) is 23.7 Å². The van der Waals surface area contributed by atoms with Crippen LogP contribution in [0.2, 0.25) is 5.02 Å². The van der Waals surface area contributed by atoms with Crippen LogP contribution in [0.4, 0.5) is 0 Å². The second-order valence-electron chi connectivity index (χ2n) is 5.99. The minimum Gasteiger partial charge on any atom is -0.321 e. The van der Waals surface area contributed by atoms with Crippen LogP contribution in [-0.4, -0.2) is 25.0 Å². The Hall–Kier alpha value is -0.570. The maximum atomic E-state index is 6.47. The molecule has 18 heavy (non-hydrogen) atoms. The molecule has 1 saturated carbocycles. The van der Waals surface area contributed by atoms with Gasteiger partial charge in [0, 0.05) is 17.1 Å². The molecule has 2 fully saturated rings. The number of nitrogens with two attached hydrogens (primary N) is 1. The van der Waals surface area contributed by atoms with Crippen LogP contribution >= 0.6 is 11.6 Å². The van der Waals surface area contributed by atoms with E-state index in [0.717, 1.165) is 24.4 Å².